The van der Waals surface area contributed by atoms with Crippen LogP contribution in [-0.2, 0) is 6.54 Å². The molecule has 0 aliphatic rings. The number of nitrogens with zero attached hydrogens (tertiary/aromatic N) is 1. The van der Waals surface area contributed by atoms with Crippen LogP contribution in [0.25, 0.3) is 10.9 Å². The van der Waals surface area contributed by atoms with Gasteiger partial charge in [-0.1, -0.05) is 18.2 Å². The summed E-state index contributed by atoms with van der Waals surface area (Å²) in [5, 5.41) is 3.13. The van der Waals surface area contributed by atoms with E-state index in [0.717, 1.165) is 10.4 Å². The van der Waals surface area contributed by atoms with Gasteiger partial charge in [-0.3, -0.25) is 4.79 Å². The van der Waals surface area contributed by atoms with Crippen LogP contribution < -0.4 is 4.57 Å². The van der Waals surface area contributed by atoms with Crippen LogP contribution in [0.2, 0.25) is 0 Å². The second-order valence-corrected chi connectivity index (χ2v) is 5.49. The summed E-state index contributed by atoms with van der Waals surface area (Å²) in [6.45, 7) is 2.48. The summed E-state index contributed by atoms with van der Waals surface area (Å²) in [5.74, 6) is 0.161. The molecule has 2 heterocycles. The number of hydrogen-bond donors (Lipinski definition) is 0. The Bertz CT molecular complexity index is 732. The zero-order valence-corrected chi connectivity index (χ0v) is 11.5. The van der Waals surface area contributed by atoms with Crippen LogP contribution in [0.4, 0.5) is 0 Å². The molecule has 0 N–H and O–H groups in total. The molecule has 0 aliphatic heterocycles. The van der Waals surface area contributed by atoms with Gasteiger partial charge in [-0.2, -0.15) is 4.57 Å². The van der Waals surface area contributed by atoms with Gasteiger partial charge in [0.2, 0.25) is 17.8 Å². The SMILES string of the molecule is Cc1cc[n+](CC(=O)c2cccs2)c2ccccc12. The Hall–Kier alpha value is -2.00. The molecule has 0 radical (unpaired) electrons. The van der Waals surface area contributed by atoms with Gasteiger partial charge in [-0.15, -0.1) is 11.3 Å². The van der Waals surface area contributed by atoms with Gasteiger partial charge >= 0.3 is 0 Å². The fraction of sp³-hybridized carbons (Fsp3) is 0.125. The number of para-hydroxylation sites is 1. The molecule has 19 heavy (non-hydrogen) atoms. The molecule has 0 unspecified atom stereocenters. The lowest BCUT2D eigenvalue weighted by molar-refractivity contribution is -0.657. The van der Waals surface area contributed by atoms with E-state index in [4.69, 9.17) is 0 Å². The Labute approximate surface area is 115 Å². The number of ketones is 1. The van der Waals surface area contributed by atoms with Crippen LogP contribution in [0.1, 0.15) is 15.2 Å². The molecule has 0 atom stereocenters. The summed E-state index contributed by atoms with van der Waals surface area (Å²) in [5.41, 5.74) is 2.34. The molecule has 3 heteroatoms. The lowest BCUT2D eigenvalue weighted by Gasteiger charge is -2.02. The van der Waals surface area contributed by atoms with E-state index >= 15 is 0 Å². The number of thiophene rings is 1. The highest BCUT2D eigenvalue weighted by molar-refractivity contribution is 7.12. The van der Waals surface area contributed by atoms with E-state index in [-0.39, 0.29) is 5.78 Å². The van der Waals surface area contributed by atoms with Crippen LogP contribution in [0.3, 0.4) is 0 Å². The zero-order valence-electron chi connectivity index (χ0n) is 10.7. The Balaban J connectivity index is 2.02. The zero-order chi connectivity index (χ0) is 13.2. The number of fused-ring (bicyclic) bond motifs is 1. The molecule has 0 saturated carbocycles. The minimum atomic E-state index is 0.161. The first-order valence-corrected chi connectivity index (χ1v) is 7.08. The maximum absolute atomic E-state index is 12.2. The highest BCUT2D eigenvalue weighted by atomic mass is 32.1. The molecule has 3 rings (SSSR count). The number of aromatic nitrogens is 1. The maximum Gasteiger partial charge on any atom is 0.237 e. The van der Waals surface area contributed by atoms with Crippen molar-refractivity contribution in [3.63, 3.8) is 0 Å². The van der Waals surface area contributed by atoms with Gasteiger partial charge < -0.3 is 0 Å². The van der Waals surface area contributed by atoms with Crippen LogP contribution >= 0.6 is 11.3 Å². The van der Waals surface area contributed by atoms with Crippen molar-refractivity contribution in [1.82, 2.24) is 0 Å². The number of Topliss-reactive ketones (excluding diaryl/α,β-unsaturated/α-hetero) is 1. The Morgan fingerprint density at radius 3 is 2.79 bits per heavy atom. The Morgan fingerprint density at radius 2 is 2.00 bits per heavy atom. The molecule has 2 nitrogen and oxygen atoms in total. The minimum Gasteiger partial charge on any atom is -0.286 e. The summed E-state index contributed by atoms with van der Waals surface area (Å²) >= 11 is 1.50. The van der Waals surface area contributed by atoms with Crippen molar-refractivity contribution in [2.24, 2.45) is 0 Å². The third kappa shape index (κ3) is 2.29. The van der Waals surface area contributed by atoms with Crippen LogP contribution in [0.5, 0.6) is 0 Å². The van der Waals surface area contributed by atoms with E-state index in [1.807, 2.05) is 40.4 Å². The number of carbonyl (C=O) groups is 1. The van der Waals surface area contributed by atoms with Gasteiger partial charge in [0.05, 0.1) is 4.88 Å². The molecule has 0 amide bonds. The fourth-order valence-corrected chi connectivity index (χ4v) is 2.89. The van der Waals surface area contributed by atoms with Crippen LogP contribution in [0.15, 0.2) is 54.0 Å². The van der Waals surface area contributed by atoms with Crippen molar-refractivity contribution in [3.05, 3.63) is 64.5 Å². The molecular formula is C16H14NOS+. The molecule has 0 aliphatic carbocycles. The number of benzene rings is 1. The van der Waals surface area contributed by atoms with E-state index < -0.39 is 0 Å². The van der Waals surface area contributed by atoms with Crippen molar-refractivity contribution in [2.75, 3.05) is 0 Å². The predicted octanol–water partition coefficient (Wildman–Crippen LogP) is 3.38. The topological polar surface area (TPSA) is 20.9 Å². The molecule has 0 spiro atoms. The molecule has 94 valence electrons. The monoisotopic (exact) mass is 268 g/mol. The summed E-state index contributed by atoms with van der Waals surface area (Å²) in [7, 11) is 0. The highest BCUT2D eigenvalue weighted by Gasteiger charge is 2.16. The third-order valence-electron chi connectivity index (χ3n) is 3.25. The van der Waals surface area contributed by atoms with Gasteiger partial charge in [0.15, 0.2) is 6.20 Å². The highest BCUT2D eigenvalue weighted by Crippen LogP contribution is 2.14. The van der Waals surface area contributed by atoms with Crippen molar-refractivity contribution < 1.29 is 9.36 Å². The van der Waals surface area contributed by atoms with Crippen LogP contribution in [0, 0.1) is 6.92 Å². The lowest BCUT2D eigenvalue weighted by Crippen LogP contribution is -2.38. The lowest BCUT2D eigenvalue weighted by atomic mass is 10.1. The second-order valence-electron chi connectivity index (χ2n) is 4.54. The minimum absolute atomic E-state index is 0.161. The van der Waals surface area contributed by atoms with Crippen molar-refractivity contribution in [2.45, 2.75) is 13.5 Å². The number of aryl methyl sites for hydroxylation is 1. The summed E-state index contributed by atoms with van der Waals surface area (Å²) < 4.78 is 2.02. The predicted molar refractivity (Wildman–Crippen MR) is 77.5 cm³/mol. The van der Waals surface area contributed by atoms with E-state index in [2.05, 4.69) is 25.1 Å². The first kappa shape index (κ1) is 12.1. The fourth-order valence-electron chi connectivity index (χ4n) is 2.24. The van der Waals surface area contributed by atoms with Crippen molar-refractivity contribution in [1.29, 1.82) is 0 Å². The molecule has 3 aromatic rings. The van der Waals surface area contributed by atoms with Gasteiger partial charge in [-0.25, -0.2) is 0 Å². The third-order valence-corrected chi connectivity index (χ3v) is 4.16. The molecule has 2 aromatic heterocycles. The maximum atomic E-state index is 12.2. The summed E-state index contributed by atoms with van der Waals surface area (Å²) in [6, 6.07) is 14.0. The number of hydrogen-bond acceptors (Lipinski definition) is 2. The van der Waals surface area contributed by atoms with Gasteiger partial charge in [-0.05, 0) is 30.0 Å². The molecule has 0 fully saturated rings. The van der Waals surface area contributed by atoms with Crippen molar-refractivity contribution >= 4 is 28.0 Å². The number of rotatable bonds is 3. The van der Waals surface area contributed by atoms with Gasteiger partial charge in [0.25, 0.3) is 0 Å². The van der Waals surface area contributed by atoms with E-state index in [1.54, 1.807) is 0 Å². The summed E-state index contributed by atoms with van der Waals surface area (Å²) in [6.07, 6.45) is 1.99. The average Bonchev–Trinajstić information content (AvgIpc) is 2.96. The van der Waals surface area contributed by atoms with Gasteiger partial charge in [0, 0.05) is 17.5 Å². The second kappa shape index (κ2) is 4.94. The Kier molecular flexibility index (Phi) is 3.13. The standard InChI is InChI=1S/C16H14NOS/c1-12-8-9-17(14-6-3-2-5-13(12)14)11-15(18)16-7-4-10-19-16/h2-10H,11H2,1H3/q+1. The molecule has 1 aromatic carbocycles. The smallest absolute Gasteiger partial charge is 0.237 e. The molecule has 0 bridgehead atoms. The number of pyridine rings is 1. The largest absolute Gasteiger partial charge is 0.286 e. The first-order chi connectivity index (χ1) is 9.25. The summed E-state index contributed by atoms with van der Waals surface area (Å²) in [4.78, 5) is 13.0. The van der Waals surface area contributed by atoms with Crippen molar-refractivity contribution in [3.8, 4) is 0 Å². The average molecular weight is 268 g/mol. The van der Waals surface area contributed by atoms with E-state index in [9.17, 15) is 4.79 Å². The van der Waals surface area contributed by atoms with E-state index in [0.29, 0.717) is 6.54 Å². The van der Waals surface area contributed by atoms with E-state index in [1.165, 1.54) is 22.3 Å². The van der Waals surface area contributed by atoms with Gasteiger partial charge in [0.1, 0.15) is 0 Å². The van der Waals surface area contributed by atoms with Crippen LogP contribution in [-0.4, -0.2) is 5.78 Å². The Morgan fingerprint density at radius 1 is 1.16 bits per heavy atom. The molecule has 0 saturated heterocycles. The molecular weight excluding hydrogens is 254 g/mol. The first-order valence-electron chi connectivity index (χ1n) is 6.20. The number of carbonyl (C=O) groups excluding carboxylic acids is 1. The normalized spacial score (nSPS) is 10.8. The quantitative estimate of drug-likeness (QED) is 0.527.